The predicted octanol–water partition coefficient (Wildman–Crippen LogP) is 2.87. The Hall–Kier alpha value is -3.52. The molecule has 0 saturated carbocycles. The monoisotopic (exact) mass is 378 g/mol. The second-order valence-corrected chi connectivity index (χ2v) is 6.71. The van der Waals surface area contributed by atoms with Crippen LogP contribution < -0.4 is 11.0 Å². The summed E-state index contributed by atoms with van der Waals surface area (Å²) in [5, 5.41) is 4.29. The summed E-state index contributed by atoms with van der Waals surface area (Å²) in [5.74, 6) is 0.0850. The molecular formula is C19H14N4O3S. The summed E-state index contributed by atoms with van der Waals surface area (Å²) in [4.78, 5) is 30.6. The van der Waals surface area contributed by atoms with Crippen molar-refractivity contribution in [3.05, 3.63) is 77.2 Å². The molecule has 0 aliphatic carbocycles. The van der Waals surface area contributed by atoms with Crippen molar-refractivity contribution in [3.8, 4) is 10.4 Å². The van der Waals surface area contributed by atoms with Crippen molar-refractivity contribution >= 4 is 33.7 Å². The van der Waals surface area contributed by atoms with Gasteiger partial charge in [-0.25, -0.2) is 10.4 Å². The lowest BCUT2D eigenvalue weighted by Gasteiger charge is -2.03. The fraction of sp³-hybridized carbons (Fsp3) is 0.0526. The van der Waals surface area contributed by atoms with E-state index in [0.717, 1.165) is 10.4 Å². The van der Waals surface area contributed by atoms with Crippen LogP contribution in [0.25, 0.3) is 20.7 Å². The number of aromatic nitrogens is 2. The highest BCUT2D eigenvalue weighted by Gasteiger charge is 2.12. The Morgan fingerprint density at radius 1 is 1.26 bits per heavy atom. The highest BCUT2D eigenvalue weighted by Crippen LogP contribution is 2.30. The molecule has 0 bridgehead atoms. The zero-order chi connectivity index (χ0) is 18.6. The molecule has 134 valence electrons. The molecule has 0 radical (unpaired) electrons. The number of hydrazone groups is 1. The van der Waals surface area contributed by atoms with Gasteiger partial charge in [-0.1, -0.05) is 30.3 Å². The van der Waals surface area contributed by atoms with Crippen molar-refractivity contribution in [3.63, 3.8) is 0 Å². The summed E-state index contributed by atoms with van der Waals surface area (Å²) in [6.45, 7) is -0.173. The zero-order valence-corrected chi connectivity index (χ0v) is 14.8. The number of benzene rings is 1. The first-order valence-electron chi connectivity index (χ1n) is 8.10. The Labute approximate surface area is 157 Å². The molecule has 0 atom stereocenters. The summed E-state index contributed by atoms with van der Waals surface area (Å²) in [6, 6.07) is 15.0. The fourth-order valence-electron chi connectivity index (χ4n) is 2.54. The van der Waals surface area contributed by atoms with Gasteiger partial charge in [-0.15, -0.1) is 11.3 Å². The lowest BCUT2D eigenvalue weighted by atomic mass is 10.2. The number of thiophene rings is 1. The third kappa shape index (κ3) is 3.70. The van der Waals surface area contributed by atoms with Crippen molar-refractivity contribution in [2.24, 2.45) is 5.10 Å². The van der Waals surface area contributed by atoms with Gasteiger partial charge in [0.05, 0.1) is 24.2 Å². The minimum absolute atomic E-state index is 0.173. The van der Waals surface area contributed by atoms with Gasteiger partial charge in [0.15, 0.2) is 0 Å². The Morgan fingerprint density at radius 3 is 2.89 bits per heavy atom. The number of furan rings is 1. The van der Waals surface area contributed by atoms with Gasteiger partial charge in [0.2, 0.25) is 0 Å². The van der Waals surface area contributed by atoms with Gasteiger partial charge in [-0.05, 0) is 23.8 Å². The number of nitrogens with one attached hydrogen (secondary N) is 1. The van der Waals surface area contributed by atoms with E-state index in [9.17, 15) is 9.59 Å². The molecule has 3 heterocycles. The average molecular weight is 378 g/mol. The molecule has 1 amide bonds. The number of hydrogen-bond donors (Lipinski definition) is 1. The van der Waals surface area contributed by atoms with Crippen molar-refractivity contribution in [2.45, 2.75) is 6.54 Å². The fourth-order valence-corrected chi connectivity index (χ4v) is 3.53. The van der Waals surface area contributed by atoms with E-state index in [1.807, 2.05) is 36.4 Å². The van der Waals surface area contributed by atoms with Crippen LogP contribution in [-0.4, -0.2) is 21.7 Å². The van der Waals surface area contributed by atoms with Crippen LogP contribution in [0.1, 0.15) is 5.76 Å². The minimum Gasteiger partial charge on any atom is -0.463 e. The second kappa shape index (κ2) is 7.38. The lowest BCUT2D eigenvalue weighted by Crippen LogP contribution is -2.29. The first-order chi connectivity index (χ1) is 13.2. The average Bonchev–Trinajstić information content (AvgIpc) is 3.35. The third-order valence-electron chi connectivity index (χ3n) is 3.81. The largest absolute Gasteiger partial charge is 0.463 e. The van der Waals surface area contributed by atoms with E-state index in [-0.39, 0.29) is 12.1 Å². The van der Waals surface area contributed by atoms with Gasteiger partial charge in [0.25, 0.3) is 11.5 Å². The number of rotatable bonds is 5. The van der Waals surface area contributed by atoms with Gasteiger partial charge in [0.1, 0.15) is 17.1 Å². The van der Waals surface area contributed by atoms with E-state index in [1.54, 1.807) is 12.1 Å². The molecule has 4 rings (SSSR count). The van der Waals surface area contributed by atoms with E-state index in [0.29, 0.717) is 16.0 Å². The Balaban J connectivity index is 1.53. The second-order valence-electron chi connectivity index (χ2n) is 5.68. The molecule has 8 heteroatoms. The molecule has 0 fully saturated rings. The number of amides is 1. The van der Waals surface area contributed by atoms with Crippen LogP contribution in [0.4, 0.5) is 0 Å². The van der Waals surface area contributed by atoms with Crippen molar-refractivity contribution < 1.29 is 9.21 Å². The van der Waals surface area contributed by atoms with E-state index >= 15 is 0 Å². The molecule has 3 aromatic heterocycles. The first-order valence-corrected chi connectivity index (χ1v) is 8.92. The van der Waals surface area contributed by atoms with Crippen molar-refractivity contribution in [1.82, 2.24) is 15.0 Å². The van der Waals surface area contributed by atoms with Crippen LogP contribution >= 0.6 is 11.3 Å². The summed E-state index contributed by atoms with van der Waals surface area (Å²) in [7, 11) is 0. The van der Waals surface area contributed by atoms with Gasteiger partial charge in [-0.3, -0.25) is 14.2 Å². The Morgan fingerprint density at radius 2 is 2.11 bits per heavy atom. The SMILES string of the molecule is O=C(Cn1cnc2sc(-c3ccccc3)cc2c1=O)N/N=C\c1ccco1. The van der Waals surface area contributed by atoms with Gasteiger partial charge in [-0.2, -0.15) is 5.10 Å². The molecule has 0 unspecified atom stereocenters. The predicted molar refractivity (Wildman–Crippen MR) is 104 cm³/mol. The number of carbonyl (C=O) groups is 1. The van der Waals surface area contributed by atoms with Crippen LogP contribution in [0.5, 0.6) is 0 Å². The number of fused-ring (bicyclic) bond motifs is 1. The van der Waals surface area contributed by atoms with Crippen LogP contribution in [0.15, 0.2) is 75.4 Å². The van der Waals surface area contributed by atoms with E-state index in [4.69, 9.17) is 4.42 Å². The Bertz CT molecular complexity index is 1160. The minimum atomic E-state index is -0.431. The molecule has 0 saturated heterocycles. The quantitative estimate of drug-likeness (QED) is 0.427. The van der Waals surface area contributed by atoms with Crippen molar-refractivity contribution in [1.29, 1.82) is 0 Å². The highest BCUT2D eigenvalue weighted by atomic mass is 32.1. The van der Waals surface area contributed by atoms with E-state index in [1.165, 1.54) is 34.7 Å². The number of nitrogens with zero attached hydrogens (tertiary/aromatic N) is 3. The summed E-state index contributed by atoms with van der Waals surface area (Å²) in [5.41, 5.74) is 3.13. The van der Waals surface area contributed by atoms with Gasteiger partial charge >= 0.3 is 0 Å². The normalized spacial score (nSPS) is 11.3. The number of hydrogen-bond acceptors (Lipinski definition) is 6. The summed E-state index contributed by atoms with van der Waals surface area (Å²) >= 11 is 1.45. The van der Waals surface area contributed by atoms with Crippen LogP contribution in [0.2, 0.25) is 0 Å². The van der Waals surface area contributed by atoms with E-state index in [2.05, 4.69) is 15.5 Å². The maximum Gasteiger partial charge on any atom is 0.262 e. The topological polar surface area (TPSA) is 89.5 Å². The summed E-state index contributed by atoms with van der Waals surface area (Å²) in [6.07, 6.45) is 4.27. The third-order valence-corrected chi connectivity index (χ3v) is 4.91. The maximum atomic E-state index is 12.7. The van der Waals surface area contributed by atoms with Crippen LogP contribution in [-0.2, 0) is 11.3 Å². The maximum absolute atomic E-state index is 12.7. The molecule has 7 nitrogen and oxygen atoms in total. The van der Waals surface area contributed by atoms with Gasteiger partial charge in [0, 0.05) is 4.88 Å². The molecule has 0 aliphatic heterocycles. The Kier molecular flexibility index (Phi) is 4.63. The highest BCUT2D eigenvalue weighted by molar-refractivity contribution is 7.21. The van der Waals surface area contributed by atoms with Crippen LogP contribution in [0.3, 0.4) is 0 Å². The standard InChI is InChI=1S/C19H14N4O3S/c24-17(22-21-10-14-7-4-8-26-14)11-23-12-20-18-15(19(23)25)9-16(27-18)13-5-2-1-3-6-13/h1-10,12H,11H2,(H,22,24)/b21-10-. The first kappa shape index (κ1) is 16.9. The smallest absolute Gasteiger partial charge is 0.262 e. The zero-order valence-electron chi connectivity index (χ0n) is 14.0. The summed E-state index contributed by atoms with van der Waals surface area (Å²) < 4.78 is 6.34. The number of carbonyl (C=O) groups excluding carboxylic acids is 1. The van der Waals surface area contributed by atoms with E-state index < -0.39 is 5.91 Å². The van der Waals surface area contributed by atoms with Gasteiger partial charge < -0.3 is 4.42 Å². The molecule has 0 spiro atoms. The molecule has 1 N–H and O–H groups in total. The van der Waals surface area contributed by atoms with Crippen LogP contribution in [0, 0.1) is 0 Å². The molecule has 27 heavy (non-hydrogen) atoms. The molecule has 0 aliphatic rings. The molecule has 1 aromatic carbocycles. The molecule has 4 aromatic rings. The lowest BCUT2D eigenvalue weighted by molar-refractivity contribution is -0.121. The van der Waals surface area contributed by atoms with Crippen molar-refractivity contribution in [2.75, 3.05) is 0 Å². The molecular weight excluding hydrogens is 364 g/mol.